The topological polar surface area (TPSA) is 76.0 Å². The lowest BCUT2D eigenvalue weighted by Crippen LogP contribution is -2.33. The van der Waals surface area contributed by atoms with Crippen molar-refractivity contribution in [2.75, 3.05) is 11.9 Å². The molecule has 0 saturated carbocycles. The second kappa shape index (κ2) is 6.72. The molecular formula is C17H15ClN4O2. The predicted molar refractivity (Wildman–Crippen MR) is 93.1 cm³/mol. The molecule has 0 atom stereocenters. The number of hydrogen-bond acceptors (Lipinski definition) is 3. The van der Waals surface area contributed by atoms with E-state index in [-0.39, 0.29) is 18.4 Å². The molecule has 7 heteroatoms. The molecule has 0 bridgehead atoms. The second-order valence-electron chi connectivity index (χ2n) is 5.22. The van der Waals surface area contributed by atoms with E-state index >= 15 is 0 Å². The number of nitrogens with one attached hydrogen (secondary N) is 2. The zero-order valence-electron chi connectivity index (χ0n) is 12.9. The molecule has 3 aromatic rings. The molecule has 1 aromatic heterocycles. The fourth-order valence-electron chi connectivity index (χ4n) is 2.31. The number of aromatic nitrogens is 2. The Hall–Kier alpha value is -2.86. The Balaban J connectivity index is 1.65. The van der Waals surface area contributed by atoms with Crippen LogP contribution in [0.1, 0.15) is 10.4 Å². The van der Waals surface area contributed by atoms with E-state index in [1.165, 1.54) is 0 Å². The van der Waals surface area contributed by atoms with Gasteiger partial charge in [0, 0.05) is 17.6 Å². The summed E-state index contributed by atoms with van der Waals surface area (Å²) >= 11 is 5.94. The van der Waals surface area contributed by atoms with Gasteiger partial charge in [-0.1, -0.05) is 29.8 Å². The highest BCUT2D eigenvalue weighted by atomic mass is 35.5. The summed E-state index contributed by atoms with van der Waals surface area (Å²) in [5.74, 6) is -0.266. The second-order valence-corrected chi connectivity index (χ2v) is 5.66. The Morgan fingerprint density at radius 1 is 1.17 bits per heavy atom. The minimum absolute atomic E-state index is 0.141. The number of nitrogens with zero attached hydrogens (tertiary/aromatic N) is 2. The van der Waals surface area contributed by atoms with Crippen LogP contribution in [0.25, 0.3) is 11.0 Å². The number of fused-ring (bicyclic) bond motifs is 1. The molecule has 2 aromatic carbocycles. The molecule has 2 amide bonds. The summed E-state index contributed by atoms with van der Waals surface area (Å²) in [5.41, 5.74) is 2.04. The zero-order chi connectivity index (χ0) is 17.1. The number of carbonyl (C=O) groups excluding carboxylic acids is 2. The van der Waals surface area contributed by atoms with E-state index in [1.54, 1.807) is 48.0 Å². The van der Waals surface area contributed by atoms with E-state index in [4.69, 9.17) is 11.6 Å². The first-order valence-corrected chi connectivity index (χ1v) is 7.67. The maximum Gasteiger partial charge on any atom is 0.251 e. The lowest BCUT2D eigenvalue weighted by Gasteiger charge is -2.07. The number of carbonyl (C=O) groups is 2. The number of halogens is 1. The van der Waals surface area contributed by atoms with Gasteiger partial charge in [0.25, 0.3) is 5.91 Å². The fraction of sp³-hybridized carbons (Fsp3) is 0.118. The third-order valence-electron chi connectivity index (χ3n) is 3.54. The van der Waals surface area contributed by atoms with Gasteiger partial charge in [0.1, 0.15) is 0 Å². The summed E-state index contributed by atoms with van der Waals surface area (Å²) in [6.45, 7) is -0.141. The highest BCUT2D eigenvalue weighted by molar-refractivity contribution is 6.31. The van der Waals surface area contributed by atoms with E-state index in [2.05, 4.69) is 15.6 Å². The van der Waals surface area contributed by atoms with Crippen LogP contribution in [0.5, 0.6) is 0 Å². The Kier molecular flexibility index (Phi) is 4.48. The molecule has 1 heterocycles. The van der Waals surface area contributed by atoms with E-state index in [1.807, 2.05) is 12.1 Å². The molecule has 0 saturated heterocycles. The van der Waals surface area contributed by atoms with Crippen LogP contribution in [-0.2, 0) is 11.8 Å². The Morgan fingerprint density at radius 3 is 2.67 bits per heavy atom. The quantitative estimate of drug-likeness (QED) is 0.765. The van der Waals surface area contributed by atoms with Gasteiger partial charge in [-0.05, 0) is 30.3 Å². The van der Waals surface area contributed by atoms with Crippen molar-refractivity contribution >= 4 is 40.4 Å². The normalized spacial score (nSPS) is 10.6. The van der Waals surface area contributed by atoms with Gasteiger partial charge in [0.2, 0.25) is 11.9 Å². The van der Waals surface area contributed by atoms with Crippen molar-refractivity contribution in [2.45, 2.75) is 0 Å². The maximum atomic E-state index is 12.0. The van der Waals surface area contributed by atoms with Gasteiger partial charge in [0.05, 0.1) is 17.6 Å². The number of benzene rings is 2. The Morgan fingerprint density at radius 2 is 1.92 bits per heavy atom. The molecule has 24 heavy (non-hydrogen) atoms. The summed E-state index contributed by atoms with van der Waals surface area (Å²) in [6, 6.07) is 14.0. The first kappa shape index (κ1) is 16.0. The average Bonchev–Trinajstić information content (AvgIpc) is 2.88. The van der Waals surface area contributed by atoms with Crippen LogP contribution in [0.4, 0.5) is 5.95 Å². The van der Waals surface area contributed by atoms with Crippen molar-refractivity contribution in [3.63, 3.8) is 0 Å². The molecule has 122 valence electrons. The first-order valence-electron chi connectivity index (χ1n) is 7.29. The van der Waals surface area contributed by atoms with Crippen LogP contribution in [0.15, 0.2) is 48.5 Å². The van der Waals surface area contributed by atoms with Gasteiger partial charge >= 0.3 is 0 Å². The molecule has 0 radical (unpaired) electrons. The van der Waals surface area contributed by atoms with E-state index in [9.17, 15) is 9.59 Å². The molecular weight excluding hydrogens is 328 g/mol. The van der Waals surface area contributed by atoms with Crippen LogP contribution in [0.2, 0.25) is 5.02 Å². The van der Waals surface area contributed by atoms with Crippen molar-refractivity contribution in [3.8, 4) is 0 Å². The monoisotopic (exact) mass is 342 g/mol. The zero-order valence-corrected chi connectivity index (χ0v) is 13.7. The number of aryl methyl sites for hydroxylation is 1. The maximum absolute atomic E-state index is 12.0. The molecule has 0 aliphatic heterocycles. The number of hydrogen-bond donors (Lipinski definition) is 2. The molecule has 0 aliphatic rings. The van der Waals surface area contributed by atoms with Crippen molar-refractivity contribution in [1.82, 2.24) is 14.9 Å². The highest BCUT2D eigenvalue weighted by Gasteiger charge is 2.12. The molecule has 0 fully saturated rings. The van der Waals surface area contributed by atoms with Crippen molar-refractivity contribution < 1.29 is 9.59 Å². The van der Waals surface area contributed by atoms with Gasteiger partial charge in [0.15, 0.2) is 0 Å². The van der Waals surface area contributed by atoms with Crippen molar-refractivity contribution in [1.29, 1.82) is 0 Å². The van der Waals surface area contributed by atoms with Crippen LogP contribution < -0.4 is 10.6 Å². The standard InChI is InChI=1S/C17H15ClN4O2/c1-22-14-8-7-12(18)9-13(14)20-17(22)21-15(23)10-19-16(24)11-5-3-2-4-6-11/h2-9H,10H2,1H3,(H,19,24)(H,20,21,23). The number of imidazole rings is 1. The highest BCUT2D eigenvalue weighted by Crippen LogP contribution is 2.21. The van der Waals surface area contributed by atoms with Gasteiger partial charge in [-0.25, -0.2) is 4.98 Å². The molecule has 0 aliphatic carbocycles. The number of rotatable bonds is 4. The van der Waals surface area contributed by atoms with Gasteiger partial charge in [-0.15, -0.1) is 0 Å². The summed E-state index contributed by atoms with van der Waals surface area (Å²) in [4.78, 5) is 28.3. The smallest absolute Gasteiger partial charge is 0.251 e. The molecule has 0 unspecified atom stereocenters. The average molecular weight is 343 g/mol. The number of amides is 2. The van der Waals surface area contributed by atoms with Gasteiger partial charge < -0.3 is 9.88 Å². The van der Waals surface area contributed by atoms with Crippen molar-refractivity contribution in [3.05, 3.63) is 59.1 Å². The van der Waals surface area contributed by atoms with Crippen LogP contribution in [0, 0.1) is 0 Å². The first-order chi connectivity index (χ1) is 11.5. The van der Waals surface area contributed by atoms with Gasteiger partial charge in [-0.2, -0.15) is 0 Å². The minimum atomic E-state index is -0.358. The molecule has 6 nitrogen and oxygen atoms in total. The lowest BCUT2D eigenvalue weighted by molar-refractivity contribution is -0.115. The van der Waals surface area contributed by atoms with E-state index < -0.39 is 0 Å². The fourth-order valence-corrected chi connectivity index (χ4v) is 2.47. The Bertz CT molecular complexity index is 906. The third-order valence-corrected chi connectivity index (χ3v) is 3.77. The third kappa shape index (κ3) is 3.38. The van der Waals surface area contributed by atoms with Crippen LogP contribution >= 0.6 is 11.6 Å². The summed E-state index contributed by atoms with van der Waals surface area (Å²) < 4.78 is 1.75. The van der Waals surface area contributed by atoms with Crippen LogP contribution in [-0.4, -0.2) is 27.9 Å². The van der Waals surface area contributed by atoms with Crippen molar-refractivity contribution in [2.24, 2.45) is 7.05 Å². The van der Waals surface area contributed by atoms with E-state index in [0.717, 1.165) is 5.52 Å². The molecule has 0 spiro atoms. The lowest BCUT2D eigenvalue weighted by atomic mass is 10.2. The Labute approximate surface area is 143 Å². The summed E-state index contributed by atoms with van der Waals surface area (Å²) in [6.07, 6.45) is 0. The van der Waals surface area contributed by atoms with Gasteiger partial charge in [-0.3, -0.25) is 14.9 Å². The summed E-state index contributed by atoms with van der Waals surface area (Å²) in [7, 11) is 1.79. The SMILES string of the molecule is Cn1c(NC(=O)CNC(=O)c2ccccc2)nc2cc(Cl)ccc21. The molecule has 3 rings (SSSR count). The predicted octanol–water partition coefficient (Wildman–Crippen LogP) is 2.60. The molecule has 2 N–H and O–H groups in total. The minimum Gasteiger partial charge on any atom is -0.343 e. The van der Waals surface area contributed by atoms with E-state index in [0.29, 0.717) is 22.1 Å². The largest absolute Gasteiger partial charge is 0.343 e. The number of anilines is 1. The summed E-state index contributed by atoms with van der Waals surface area (Å²) in [5, 5.41) is 5.83. The van der Waals surface area contributed by atoms with Crippen LogP contribution in [0.3, 0.4) is 0 Å².